The smallest absolute Gasteiger partial charge is 0.338 e. The van der Waals surface area contributed by atoms with E-state index in [2.05, 4.69) is 0 Å². The van der Waals surface area contributed by atoms with Gasteiger partial charge in [0.15, 0.2) is 5.69 Å². The maximum Gasteiger partial charge on any atom is 0.338 e. The highest BCUT2D eigenvalue weighted by Gasteiger charge is 2.15. The van der Waals surface area contributed by atoms with Crippen molar-refractivity contribution in [2.24, 2.45) is 0 Å². The molecule has 13 heavy (non-hydrogen) atoms. The zero-order valence-electron chi connectivity index (χ0n) is 6.29. The van der Waals surface area contributed by atoms with Crippen molar-refractivity contribution in [2.45, 2.75) is 0 Å². The van der Waals surface area contributed by atoms with Crippen LogP contribution in [0.15, 0.2) is 12.1 Å². The van der Waals surface area contributed by atoms with Crippen molar-refractivity contribution in [3.8, 4) is 0 Å². The first-order valence-electron chi connectivity index (χ1n) is 3.26. The normalized spacial score (nSPS) is 10.1. The molecule has 0 saturated carbocycles. The molecule has 0 heterocycles. The number of quaternary nitrogens is 1. The highest BCUT2D eigenvalue weighted by Crippen LogP contribution is 2.21. The van der Waals surface area contributed by atoms with Gasteiger partial charge in [-0.05, 0) is 6.07 Å². The van der Waals surface area contributed by atoms with Gasteiger partial charge in [0.1, 0.15) is 16.4 Å². The zero-order valence-corrected chi connectivity index (χ0v) is 7.05. The quantitative estimate of drug-likeness (QED) is 0.494. The van der Waals surface area contributed by atoms with Crippen LogP contribution in [-0.4, -0.2) is 16.3 Å². The topological polar surface area (TPSA) is 74.1 Å². The van der Waals surface area contributed by atoms with E-state index in [1.54, 1.807) is 0 Å². The fourth-order valence-corrected chi connectivity index (χ4v) is 1.03. The van der Waals surface area contributed by atoms with Gasteiger partial charge in [-0.2, -0.15) is 5.48 Å². The minimum Gasteiger partial charge on any atom is -0.478 e. The third-order valence-corrected chi connectivity index (χ3v) is 1.78. The Kier molecular flexibility index (Phi) is 2.82. The van der Waals surface area contributed by atoms with E-state index in [0.717, 1.165) is 12.1 Å². The first-order valence-corrected chi connectivity index (χ1v) is 3.64. The molecular weight excluding hydrogens is 201 g/mol. The standard InChI is InChI=1S/C7H5ClFNO3/c8-4-2-5(9)3(7(11)12)1-6(4)10-13/h1-2,10,13H,(H,11,12)/p+1. The number of rotatable bonds is 2. The fraction of sp³-hybridized carbons (Fsp3) is 0. The molecule has 0 aliphatic carbocycles. The summed E-state index contributed by atoms with van der Waals surface area (Å²) in [5.74, 6) is -2.33. The molecule has 1 rings (SSSR count). The number of hydrogen-bond donors (Lipinski definition) is 3. The van der Waals surface area contributed by atoms with Gasteiger partial charge in [-0.15, -0.1) is 0 Å². The molecule has 0 amide bonds. The van der Waals surface area contributed by atoms with Gasteiger partial charge in [0.2, 0.25) is 0 Å². The lowest BCUT2D eigenvalue weighted by atomic mass is 10.2. The van der Waals surface area contributed by atoms with Crippen LogP contribution in [-0.2, 0) is 0 Å². The average molecular weight is 207 g/mol. The van der Waals surface area contributed by atoms with Crippen LogP contribution in [0.3, 0.4) is 0 Å². The van der Waals surface area contributed by atoms with Crippen LogP contribution in [0, 0.1) is 5.82 Å². The van der Waals surface area contributed by atoms with Crippen molar-refractivity contribution in [3.63, 3.8) is 0 Å². The highest BCUT2D eigenvalue weighted by molar-refractivity contribution is 6.32. The Balaban J connectivity index is 3.30. The Morgan fingerprint density at radius 2 is 2.15 bits per heavy atom. The van der Waals surface area contributed by atoms with Crippen molar-refractivity contribution in [1.29, 1.82) is 0 Å². The summed E-state index contributed by atoms with van der Waals surface area (Å²) < 4.78 is 12.9. The van der Waals surface area contributed by atoms with Crippen LogP contribution >= 0.6 is 11.6 Å². The summed E-state index contributed by atoms with van der Waals surface area (Å²) in [6.45, 7) is 0. The van der Waals surface area contributed by atoms with Gasteiger partial charge >= 0.3 is 5.97 Å². The zero-order chi connectivity index (χ0) is 10.0. The molecule has 0 atom stereocenters. The van der Waals surface area contributed by atoms with Crippen molar-refractivity contribution >= 4 is 23.3 Å². The fourth-order valence-electron chi connectivity index (χ4n) is 0.829. The number of carboxylic acid groups (broad SMARTS) is 1. The number of nitrogens with two attached hydrogens (primary N) is 1. The van der Waals surface area contributed by atoms with Gasteiger partial charge in [-0.1, -0.05) is 11.6 Å². The first kappa shape index (κ1) is 9.91. The molecule has 0 aliphatic heterocycles. The highest BCUT2D eigenvalue weighted by atomic mass is 35.5. The minimum absolute atomic E-state index is 0.0370. The Morgan fingerprint density at radius 3 is 2.62 bits per heavy atom. The van der Waals surface area contributed by atoms with E-state index >= 15 is 0 Å². The molecule has 0 saturated heterocycles. The molecule has 0 bridgehead atoms. The van der Waals surface area contributed by atoms with E-state index in [-0.39, 0.29) is 10.7 Å². The van der Waals surface area contributed by atoms with Gasteiger partial charge in [0.05, 0.1) is 0 Å². The third kappa shape index (κ3) is 1.95. The third-order valence-electron chi connectivity index (χ3n) is 1.46. The Bertz CT molecular complexity index is 356. The molecule has 70 valence electrons. The largest absolute Gasteiger partial charge is 0.478 e. The molecule has 0 spiro atoms. The summed E-state index contributed by atoms with van der Waals surface area (Å²) >= 11 is 5.48. The average Bonchev–Trinajstić information content (AvgIpc) is 2.03. The van der Waals surface area contributed by atoms with Crippen LogP contribution in [0.5, 0.6) is 0 Å². The van der Waals surface area contributed by atoms with Crippen LogP contribution in [0.1, 0.15) is 10.4 Å². The van der Waals surface area contributed by atoms with E-state index < -0.39 is 17.3 Å². The van der Waals surface area contributed by atoms with Crippen molar-refractivity contribution in [1.82, 2.24) is 0 Å². The van der Waals surface area contributed by atoms with Crippen molar-refractivity contribution in [3.05, 3.63) is 28.5 Å². The lowest BCUT2D eigenvalue weighted by molar-refractivity contribution is -0.825. The SMILES string of the molecule is O=C(O)c1cc([NH2+]O)c(Cl)cc1F. The lowest BCUT2D eigenvalue weighted by Crippen LogP contribution is -2.73. The molecule has 1 aromatic carbocycles. The maximum absolute atomic E-state index is 12.9. The van der Waals surface area contributed by atoms with E-state index in [0.29, 0.717) is 5.48 Å². The molecule has 6 heteroatoms. The van der Waals surface area contributed by atoms with E-state index in [1.165, 1.54) is 0 Å². The molecule has 4 N–H and O–H groups in total. The number of carboxylic acids is 1. The second-order valence-electron chi connectivity index (χ2n) is 2.29. The number of carbonyl (C=O) groups is 1. The molecule has 0 aromatic heterocycles. The van der Waals surface area contributed by atoms with Gasteiger partial charge < -0.3 is 5.11 Å². The molecule has 0 aliphatic rings. The first-order chi connectivity index (χ1) is 6.06. The summed E-state index contributed by atoms with van der Waals surface area (Å²) in [5, 5.41) is 17.1. The molecule has 1 aromatic rings. The van der Waals surface area contributed by atoms with Crippen LogP contribution in [0.25, 0.3) is 0 Å². The molecular formula is C7H6ClFNO3+. The van der Waals surface area contributed by atoms with Crippen molar-refractivity contribution in [2.75, 3.05) is 0 Å². The predicted molar refractivity (Wildman–Crippen MR) is 41.7 cm³/mol. The summed E-state index contributed by atoms with van der Waals surface area (Å²) in [7, 11) is 0. The predicted octanol–water partition coefficient (Wildman–Crippen LogP) is 0.761. The Hall–Kier alpha value is -1.17. The number of hydrogen-bond acceptors (Lipinski definition) is 2. The summed E-state index contributed by atoms with van der Waals surface area (Å²) in [5.41, 5.74) is 0.166. The van der Waals surface area contributed by atoms with Crippen LogP contribution < -0.4 is 5.48 Å². The second kappa shape index (κ2) is 3.69. The Morgan fingerprint density at radius 1 is 1.54 bits per heavy atom. The van der Waals surface area contributed by atoms with Gasteiger partial charge in [0.25, 0.3) is 0 Å². The summed E-state index contributed by atoms with van der Waals surface area (Å²) in [6.07, 6.45) is 0. The monoisotopic (exact) mass is 206 g/mol. The van der Waals surface area contributed by atoms with E-state index in [4.69, 9.17) is 21.9 Å². The second-order valence-corrected chi connectivity index (χ2v) is 2.70. The molecule has 4 nitrogen and oxygen atoms in total. The molecule has 0 unspecified atom stereocenters. The van der Waals surface area contributed by atoms with Crippen molar-refractivity contribution < 1.29 is 25.0 Å². The van der Waals surface area contributed by atoms with E-state index in [9.17, 15) is 9.18 Å². The summed E-state index contributed by atoms with van der Waals surface area (Å²) in [4.78, 5) is 10.4. The number of benzene rings is 1. The molecule has 0 radical (unpaired) electrons. The van der Waals surface area contributed by atoms with Gasteiger partial charge in [-0.3, -0.25) is 0 Å². The number of halogens is 2. The van der Waals surface area contributed by atoms with E-state index in [1.807, 2.05) is 0 Å². The molecule has 0 fully saturated rings. The van der Waals surface area contributed by atoms with Crippen LogP contribution in [0.2, 0.25) is 5.02 Å². The van der Waals surface area contributed by atoms with Gasteiger partial charge in [-0.25, -0.2) is 14.4 Å². The lowest BCUT2D eigenvalue weighted by Gasteiger charge is -2.00. The Labute approximate surface area is 77.5 Å². The minimum atomic E-state index is -1.41. The number of aromatic carboxylic acids is 1. The maximum atomic E-state index is 12.9. The van der Waals surface area contributed by atoms with Gasteiger partial charge in [0, 0.05) is 6.07 Å². The summed E-state index contributed by atoms with van der Waals surface area (Å²) in [6, 6.07) is 1.80. The van der Waals surface area contributed by atoms with Crippen LogP contribution in [0.4, 0.5) is 10.1 Å².